The maximum atomic E-state index is 13.9. The van der Waals surface area contributed by atoms with E-state index in [2.05, 4.69) is 10.6 Å². The summed E-state index contributed by atoms with van der Waals surface area (Å²) >= 11 is 1.27. The number of nitrogens with zero attached hydrogens (tertiary/aromatic N) is 1. The zero-order chi connectivity index (χ0) is 27.9. The van der Waals surface area contributed by atoms with Gasteiger partial charge in [-0.2, -0.15) is 0 Å². The Morgan fingerprint density at radius 3 is 2.32 bits per heavy atom. The van der Waals surface area contributed by atoms with Crippen molar-refractivity contribution in [3.05, 3.63) is 82.0 Å². The predicted molar refractivity (Wildman–Crippen MR) is 149 cm³/mol. The Morgan fingerprint density at radius 2 is 1.74 bits per heavy atom. The fourth-order valence-electron chi connectivity index (χ4n) is 3.75. The van der Waals surface area contributed by atoms with Crippen molar-refractivity contribution in [2.45, 2.75) is 45.7 Å². The number of methoxy groups -OCH3 is 1. The topological polar surface area (TPSA) is 105 Å². The molecule has 38 heavy (non-hydrogen) atoms. The SMILES string of the molecule is CCC(C)(C)NC(=O)[C@H](c1cccc(OC)c1)N(C(=O)CNC(=O)c1cccs1)c1ccc(C(C)=O)cc1. The first-order valence-electron chi connectivity index (χ1n) is 12.3. The van der Waals surface area contributed by atoms with Gasteiger partial charge in [0, 0.05) is 16.8 Å². The molecule has 2 N–H and O–H groups in total. The van der Waals surface area contributed by atoms with E-state index in [0.717, 1.165) is 0 Å². The highest BCUT2D eigenvalue weighted by molar-refractivity contribution is 7.12. The minimum atomic E-state index is -1.08. The lowest BCUT2D eigenvalue weighted by Crippen LogP contribution is -2.52. The van der Waals surface area contributed by atoms with Crippen LogP contribution in [0.15, 0.2) is 66.0 Å². The second-order valence-corrected chi connectivity index (χ2v) is 10.4. The molecule has 0 saturated heterocycles. The van der Waals surface area contributed by atoms with Crippen LogP contribution in [0.3, 0.4) is 0 Å². The summed E-state index contributed by atoms with van der Waals surface area (Å²) < 4.78 is 5.39. The van der Waals surface area contributed by atoms with E-state index in [9.17, 15) is 19.2 Å². The molecule has 0 radical (unpaired) electrons. The lowest BCUT2D eigenvalue weighted by atomic mass is 9.98. The second-order valence-electron chi connectivity index (χ2n) is 9.43. The number of amides is 3. The average molecular weight is 536 g/mol. The lowest BCUT2D eigenvalue weighted by Gasteiger charge is -2.35. The number of ether oxygens (including phenoxy) is 1. The Kier molecular flexibility index (Phi) is 9.41. The number of hydrogen-bond donors (Lipinski definition) is 2. The zero-order valence-corrected chi connectivity index (χ0v) is 23.1. The molecule has 0 aliphatic rings. The van der Waals surface area contributed by atoms with Crippen LogP contribution >= 0.6 is 11.3 Å². The molecular formula is C29H33N3O5S. The largest absolute Gasteiger partial charge is 0.497 e. The maximum Gasteiger partial charge on any atom is 0.261 e. The normalized spacial score (nSPS) is 11.8. The van der Waals surface area contributed by atoms with E-state index in [1.54, 1.807) is 66.0 Å². The van der Waals surface area contributed by atoms with Gasteiger partial charge in [-0.15, -0.1) is 11.3 Å². The number of Topliss-reactive ketones (excluding diaryl/α,β-unsaturated/α-hetero) is 1. The van der Waals surface area contributed by atoms with E-state index in [1.807, 2.05) is 20.8 Å². The highest BCUT2D eigenvalue weighted by atomic mass is 32.1. The van der Waals surface area contributed by atoms with Crippen LogP contribution in [-0.2, 0) is 9.59 Å². The van der Waals surface area contributed by atoms with E-state index < -0.39 is 23.4 Å². The average Bonchev–Trinajstić information content (AvgIpc) is 3.45. The number of rotatable bonds is 11. The maximum absolute atomic E-state index is 13.9. The van der Waals surface area contributed by atoms with E-state index in [0.29, 0.717) is 33.9 Å². The van der Waals surface area contributed by atoms with Crippen LogP contribution in [0, 0.1) is 0 Å². The number of thiophene rings is 1. The number of carbonyl (C=O) groups excluding carboxylic acids is 4. The number of ketones is 1. The van der Waals surface area contributed by atoms with Crippen molar-refractivity contribution < 1.29 is 23.9 Å². The van der Waals surface area contributed by atoms with Gasteiger partial charge in [-0.25, -0.2) is 0 Å². The van der Waals surface area contributed by atoms with Crippen molar-refractivity contribution >= 4 is 40.5 Å². The van der Waals surface area contributed by atoms with Gasteiger partial charge in [0.15, 0.2) is 5.78 Å². The molecule has 200 valence electrons. The van der Waals surface area contributed by atoms with Crippen LogP contribution < -0.4 is 20.3 Å². The van der Waals surface area contributed by atoms with Gasteiger partial charge in [-0.05, 0) is 80.6 Å². The molecule has 3 aromatic rings. The molecular weight excluding hydrogens is 502 g/mol. The molecule has 1 aromatic heterocycles. The zero-order valence-electron chi connectivity index (χ0n) is 22.2. The first-order valence-corrected chi connectivity index (χ1v) is 13.1. The molecule has 3 amide bonds. The van der Waals surface area contributed by atoms with Gasteiger partial charge >= 0.3 is 0 Å². The van der Waals surface area contributed by atoms with Crippen molar-refractivity contribution in [1.29, 1.82) is 0 Å². The summed E-state index contributed by atoms with van der Waals surface area (Å²) in [5.74, 6) is -0.860. The van der Waals surface area contributed by atoms with Gasteiger partial charge in [0.1, 0.15) is 11.8 Å². The summed E-state index contributed by atoms with van der Waals surface area (Å²) in [6.45, 7) is 6.89. The quantitative estimate of drug-likeness (QED) is 0.344. The summed E-state index contributed by atoms with van der Waals surface area (Å²) in [5.41, 5.74) is 0.876. The lowest BCUT2D eigenvalue weighted by molar-refractivity contribution is -0.127. The van der Waals surface area contributed by atoms with Crippen molar-refractivity contribution in [1.82, 2.24) is 10.6 Å². The minimum absolute atomic E-state index is 0.121. The molecule has 0 bridgehead atoms. The van der Waals surface area contributed by atoms with Crippen LogP contribution in [0.1, 0.15) is 65.8 Å². The Bertz CT molecular complexity index is 1290. The fourth-order valence-corrected chi connectivity index (χ4v) is 4.39. The molecule has 0 spiro atoms. The fraction of sp³-hybridized carbons (Fsp3) is 0.310. The van der Waals surface area contributed by atoms with E-state index in [-0.39, 0.29) is 18.2 Å². The van der Waals surface area contributed by atoms with E-state index in [4.69, 9.17) is 4.74 Å². The van der Waals surface area contributed by atoms with Crippen LogP contribution in [0.5, 0.6) is 5.75 Å². The summed E-state index contributed by atoms with van der Waals surface area (Å²) in [6.07, 6.45) is 0.668. The third-order valence-electron chi connectivity index (χ3n) is 6.23. The third kappa shape index (κ3) is 7.07. The molecule has 0 aliphatic carbocycles. The van der Waals surface area contributed by atoms with Gasteiger partial charge in [-0.3, -0.25) is 24.1 Å². The molecule has 1 atom stereocenters. The third-order valence-corrected chi connectivity index (χ3v) is 7.10. The second kappa shape index (κ2) is 12.5. The van der Waals surface area contributed by atoms with Crippen LogP contribution in [0.2, 0.25) is 0 Å². The highest BCUT2D eigenvalue weighted by Gasteiger charge is 2.35. The molecule has 0 saturated carbocycles. The predicted octanol–water partition coefficient (Wildman–Crippen LogP) is 4.77. The number of carbonyl (C=O) groups is 4. The molecule has 3 rings (SSSR count). The first-order chi connectivity index (χ1) is 18.1. The number of anilines is 1. The van der Waals surface area contributed by atoms with Gasteiger partial charge < -0.3 is 15.4 Å². The van der Waals surface area contributed by atoms with Crippen molar-refractivity contribution in [3.8, 4) is 5.75 Å². The monoisotopic (exact) mass is 535 g/mol. The van der Waals surface area contributed by atoms with Crippen LogP contribution in [0.25, 0.3) is 0 Å². The van der Waals surface area contributed by atoms with Gasteiger partial charge in [0.25, 0.3) is 5.91 Å². The first kappa shape index (κ1) is 28.6. The Balaban J connectivity index is 2.08. The van der Waals surface area contributed by atoms with Crippen molar-refractivity contribution in [2.75, 3.05) is 18.6 Å². The van der Waals surface area contributed by atoms with E-state index in [1.165, 1.54) is 30.3 Å². The van der Waals surface area contributed by atoms with E-state index >= 15 is 0 Å². The van der Waals surface area contributed by atoms with Crippen molar-refractivity contribution in [2.24, 2.45) is 0 Å². The number of hydrogen-bond acceptors (Lipinski definition) is 6. The summed E-state index contributed by atoms with van der Waals surface area (Å²) in [4.78, 5) is 53.9. The molecule has 0 unspecified atom stereocenters. The van der Waals surface area contributed by atoms with Crippen LogP contribution in [0.4, 0.5) is 5.69 Å². The summed E-state index contributed by atoms with van der Waals surface area (Å²) in [6, 6.07) is 15.8. The smallest absolute Gasteiger partial charge is 0.261 e. The number of nitrogens with one attached hydrogen (secondary N) is 2. The Hall–Kier alpha value is -3.98. The Morgan fingerprint density at radius 1 is 1.03 bits per heavy atom. The summed E-state index contributed by atoms with van der Waals surface area (Å²) in [5, 5.41) is 7.49. The Labute approximate surface area is 227 Å². The summed E-state index contributed by atoms with van der Waals surface area (Å²) in [7, 11) is 1.53. The molecule has 0 fully saturated rings. The standard InChI is InChI=1S/C29H33N3O5S/c1-6-29(3,4)31-28(36)26(21-9-7-10-23(17-21)37-5)32(22-14-12-20(13-15-22)19(2)33)25(34)18-30-27(35)24-11-8-16-38-24/h7-17,26H,6,18H2,1-5H3,(H,30,35)(H,31,36)/t26-/m0/s1. The molecule has 1 heterocycles. The molecule has 0 aliphatic heterocycles. The van der Waals surface area contributed by atoms with Gasteiger partial charge in [-0.1, -0.05) is 25.1 Å². The van der Waals surface area contributed by atoms with Crippen LogP contribution in [-0.4, -0.2) is 42.7 Å². The van der Waals surface area contributed by atoms with Gasteiger partial charge in [0.05, 0.1) is 18.5 Å². The highest BCUT2D eigenvalue weighted by Crippen LogP contribution is 2.31. The number of benzene rings is 2. The van der Waals surface area contributed by atoms with Gasteiger partial charge in [0.2, 0.25) is 11.8 Å². The molecule has 2 aromatic carbocycles. The minimum Gasteiger partial charge on any atom is -0.497 e. The molecule has 9 heteroatoms. The van der Waals surface area contributed by atoms with Crippen molar-refractivity contribution in [3.63, 3.8) is 0 Å². The molecule has 8 nitrogen and oxygen atoms in total.